The van der Waals surface area contributed by atoms with Gasteiger partial charge in [-0.05, 0) is 35.9 Å². The highest BCUT2D eigenvalue weighted by atomic mass is 19.4. The Bertz CT molecular complexity index is 703. The molecule has 2 aromatic rings. The van der Waals surface area contributed by atoms with Crippen LogP contribution in [0.3, 0.4) is 0 Å². The molecule has 5 heteroatoms. The van der Waals surface area contributed by atoms with Crippen molar-refractivity contribution in [1.29, 1.82) is 0 Å². The third-order valence-corrected chi connectivity index (χ3v) is 3.00. The van der Waals surface area contributed by atoms with E-state index in [9.17, 15) is 18.0 Å². The Balaban J connectivity index is 2.20. The van der Waals surface area contributed by atoms with Crippen LogP contribution in [0, 0.1) is 0 Å². The van der Waals surface area contributed by atoms with Gasteiger partial charge < -0.3 is 4.74 Å². The third kappa shape index (κ3) is 3.97. The Hall–Kier alpha value is -2.56. The number of benzene rings is 2. The molecule has 0 bridgehead atoms. The van der Waals surface area contributed by atoms with Crippen molar-refractivity contribution < 1.29 is 22.7 Å². The summed E-state index contributed by atoms with van der Waals surface area (Å²) < 4.78 is 42.9. The minimum Gasteiger partial charge on any atom is -0.497 e. The Kier molecular flexibility index (Phi) is 4.65. The molecule has 0 saturated carbocycles. The van der Waals surface area contributed by atoms with Crippen molar-refractivity contribution in [3.63, 3.8) is 0 Å². The number of carbonyl (C=O) groups excluding carboxylic acids is 1. The standard InChI is InChI=1S/C17H13F3O2/c1-22-15-7-2-4-12(10-15)8-9-16(21)13-5-3-6-14(11-13)17(18,19)20/h2-11H,1H3/b9-8+. The van der Waals surface area contributed by atoms with Gasteiger partial charge in [-0.2, -0.15) is 13.2 Å². The molecule has 0 atom stereocenters. The molecule has 0 radical (unpaired) electrons. The monoisotopic (exact) mass is 306 g/mol. The van der Waals surface area contributed by atoms with Crippen molar-refractivity contribution in [3.05, 3.63) is 71.3 Å². The first-order valence-corrected chi connectivity index (χ1v) is 6.44. The molecule has 0 saturated heterocycles. The van der Waals surface area contributed by atoms with Gasteiger partial charge in [0.25, 0.3) is 0 Å². The Morgan fingerprint density at radius 2 is 1.82 bits per heavy atom. The van der Waals surface area contributed by atoms with Crippen LogP contribution in [0.15, 0.2) is 54.6 Å². The number of allylic oxidation sites excluding steroid dienone is 1. The van der Waals surface area contributed by atoms with Gasteiger partial charge in [0, 0.05) is 5.56 Å². The average molecular weight is 306 g/mol. The number of carbonyl (C=O) groups is 1. The van der Waals surface area contributed by atoms with Gasteiger partial charge in [0.05, 0.1) is 12.7 Å². The highest BCUT2D eigenvalue weighted by Crippen LogP contribution is 2.29. The lowest BCUT2D eigenvalue weighted by Crippen LogP contribution is -2.06. The summed E-state index contributed by atoms with van der Waals surface area (Å²) >= 11 is 0. The van der Waals surface area contributed by atoms with E-state index in [1.165, 1.54) is 31.4 Å². The highest BCUT2D eigenvalue weighted by Gasteiger charge is 2.30. The molecule has 0 spiro atoms. The van der Waals surface area contributed by atoms with Crippen LogP contribution in [0.4, 0.5) is 13.2 Å². The quantitative estimate of drug-likeness (QED) is 0.609. The van der Waals surface area contributed by atoms with E-state index >= 15 is 0 Å². The van der Waals surface area contributed by atoms with Crippen LogP contribution in [0.2, 0.25) is 0 Å². The second-order valence-electron chi connectivity index (χ2n) is 4.55. The van der Waals surface area contributed by atoms with Crippen LogP contribution in [-0.2, 0) is 6.18 Å². The second kappa shape index (κ2) is 6.47. The number of hydrogen-bond acceptors (Lipinski definition) is 2. The number of methoxy groups -OCH3 is 1. The molecule has 0 heterocycles. The molecule has 114 valence electrons. The van der Waals surface area contributed by atoms with Crippen molar-refractivity contribution in [2.24, 2.45) is 0 Å². The van der Waals surface area contributed by atoms with Gasteiger partial charge >= 0.3 is 6.18 Å². The molecule has 0 N–H and O–H groups in total. The number of hydrogen-bond donors (Lipinski definition) is 0. The maximum atomic E-state index is 12.6. The lowest BCUT2D eigenvalue weighted by atomic mass is 10.1. The molecular formula is C17H13F3O2. The minimum atomic E-state index is -4.47. The van der Waals surface area contributed by atoms with Gasteiger partial charge in [0.15, 0.2) is 5.78 Å². The van der Waals surface area contributed by atoms with Crippen molar-refractivity contribution in [1.82, 2.24) is 0 Å². The predicted octanol–water partition coefficient (Wildman–Crippen LogP) is 4.61. The van der Waals surface area contributed by atoms with E-state index in [1.54, 1.807) is 24.3 Å². The van der Waals surface area contributed by atoms with E-state index < -0.39 is 17.5 Å². The lowest BCUT2D eigenvalue weighted by molar-refractivity contribution is -0.137. The molecule has 22 heavy (non-hydrogen) atoms. The van der Waals surface area contributed by atoms with E-state index in [-0.39, 0.29) is 5.56 Å². The normalized spacial score (nSPS) is 11.6. The molecule has 0 aliphatic carbocycles. The first-order chi connectivity index (χ1) is 10.4. The molecule has 0 unspecified atom stereocenters. The van der Waals surface area contributed by atoms with Crippen LogP contribution in [0.1, 0.15) is 21.5 Å². The van der Waals surface area contributed by atoms with Gasteiger partial charge in [-0.1, -0.05) is 30.3 Å². The molecule has 2 aromatic carbocycles. The van der Waals surface area contributed by atoms with Crippen LogP contribution < -0.4 is 4.74 Å². The molecule has 0 fully saturated rings. The summed E-state index contributed by atoms with van der Waals surface area (Å²) in [5.41, 5.74) is -0.123. The SMILES string of the molecule is COc1cccc(/C=C/C(=O)c2cccc(C(F)(F)F)c2)c1. The van der Waals surface area contributed by atoms with E-state index in [0.717, 1.165) is 17.7 Å². The van der Waals surface area contributed by atoms with Crippen LogP contribution in [0.5, 0.6) is 5.75 Å². The van der Waals surface area contributed by atoms with Crippen LogP contribution in [0.25, 0.3) is 6.08 Å². The molecule has 0 aromatic heterocycles. The van der Waals surface area contributed by atoms with Crippen molar-refractivity contribution >= 4 is 11.9 Å². The first kappa shape index (κ1) is 15.8. The predicted molar refractivity (Wildman–Crippen MR) is 77.8 cm³/mol. The highest BCUT2D eigenvalue weighted by molar-refractivity contribution is 6.06. The van der Waals surface area contributed by atoms with Gasteiger partial charge in [-0.25, -0.2) is 0 Å². The number of halogens is 3. The molecular weight excluding hydrogens is 293 g/mol. The summed E-state index contributed by atoms with van der Waals surface area (Å²) in [4.78, 5) is 12.0. The van der Waals surface area contributed by atoms with Crippen molar-refractivity contribution in [2.45, 2.75) is 6.18 Å². The smallest absolute Gasteiger partial charge is 0.416 e. The molecule has 2 rings (SSSR count). The van der Waals surface area contributed by atoms with Gasteiger partial charge in [-0.3, -0.25) is 4.79 Å². The Morgan fingerprint density at radius 3 is 2.50 bits per heavy atom. The van der Waals surface area contributed by atoms with Gasteiger partial charge in [0.1, 0.15) is 5.75 Å². The van der Waals surface area contributed by atoms with E-state index in [2.05, 4.69) is 0 Å². The second-order valence-corrected chi connectivity index (χ2v) is 4.55. The van der Waals surface area contributed by atoms with Crippen LogP contribution >= 0.6 is 0 Å². The summed E-state index contributed by atoms with van der Waals surface area (Å²) in [6.45, 7) is 0. The number of alkyl halides is 3. The summed E-state index contributed by atoms with van der Waals surface area (Å²) in [5, 5.41) is 0. The molecule has 0 aliphatic rings. The van der Waals surface area contributed by atoms with E-state index in [4.69, 9.17) is 4.74 Å². The molecule has 0 amide bonds. The number of ketones is 1. The largest absolute Gasteiger partial charge is 0.497 e. The Morgan fingerprint density at radius 1 is 1.09 bits per heavy atom. The number of ether oxygens (including phenoxy) is 1. The summed E-state index contributed by atoms with van der Waals surface area (Å²) in [6.07, 6.45) is -1.69. The van der Waals surface area contributed by atoms with E-state index in [0.29, 0.717) is 5.75 Å². The summed E-state index contributed by atoms with van der Waals surface area (Å²) in [5.74, 6) is 0.141. The molecule has 2 nitrogen and oxygen atoms in total. The fourth-order valence-electron chi connectivity index (χ4n) is 1.86. The fourth-order valence-corrected chi connectivity index (χ4v) is 1.86. The first-order valence-electron chi connectivity index (χ1n) is 6.44. The fraction of sp³-hybridized carbons (Fsp3) is 0.118. The zero-order chi connectivity index (χ0) is 16.2. The van der Waals surface area contributed by atoms with Gasteiger partial charge in [0.2, 0.25) is 0 Å². The summed E-state index contributed by atoms with van der Waals surface area (Å²) in [7, 11) is 1.52. The zero-order valence-electron chi connectivity index (χ0n) is 11.7. The minimum absolute atomic E-state index is 0.00558. The van der Waals surface area contributed by atoms with Crippen molar-refractivity contribution in [2.75, 3.05) is 7.11 Å². The van der Waals surface area contributed by atoms with Crippen LogP contribution in [-0.4, -0.2) is 12.9 Å². The molecule has 0 aliphatic heterocycles. The van der Waals surface area contributed by atoms with Gasteiger partial charge in [-0.15, -0.1) is 0 Å². The Labute approximate surface area is 125 Å². The third-order valence-electron chi connectivity index (χ3n) is 3.00. The maximum absolute atomic E-state index is 12.6. The zero-order valence-corrected chi connectivity index (χ0v) is 11.7. The van der Waals surface area contributed by atoms with Crippen molar-refractivity contribution in [3.8, 4) is 5.75 Å². The van der Waals surface area contributed by atoms with E-state index in [1.807, 2.05) is 0 Å². The lowest BCUT2D eigenvalue weighted by Gasteiger charge is -2.07. The topological polar surface area (TPSA) is 26.3 Å². The summed E-state index contributed by atoms with van der Waals surface area (Å²) in [6, 6.07) is 11.3. The average Bonchev–Trinajstić information content (AvgIpc) is 2.52. The maximum Gasteiger partial charge on any atom is 0.416 e. The number of rotatable bonds is 4.